The minimum Gasteiger partial charge on any atom is -0.386 e. The Morgan fingerprint density at radius 2 is 2.06 bits per heavy atom. The molecule has 4 atom stereocenters. The number of aliphatic hydroxyl groups is 2. The average Bonchev–Trinajstić information content (AvgIpc) is 2.56. The van der Waals surface area contributed by atoms with Crippen LogP contribution in [0.25, 0.3) is 0 Å². The molecule has 0 saturated carbocycles. The number of Topliss-reactive ketones (excluding diaryl/α,β-unsaturated/α-hetero) is 1. The lowest BCUT2D eigenvalue weighted by molar-refractivity contribution is -0.145. The highest BCUT2D eigenvalue weighted by Gasteiger charge is 2.56. The van der Waals surface area contributed by atoms with Crippen molar-refractivity contribution in [2.75, 3.05) is 0 Å². The second kappa shape index (κ2) is 5.40. The summed E-state index contributed by atoms with van der Waals surface area (Å²) in [7, 11) is 0. The first-order valence-electron chi connectivity index (χ1n) is 5.46. The first-order chi connectivity index (χ1) is 8.03. The van der Waals surface area contributed by atoms with Crippen LogP contribution in [-0.4, -0.2) is 39.9 Å². The molecule has 1 saturated heterocycles. The summed E-state index contributed by atoms with van der Waals surface area (Å²) in [5.41, 5.74) is -1.46. The average molecular weight is 238 g/mol. The monoisotopic (exact) mass is 238 g/mol. The maximum atomic E-state index is 12.0. The van der Waals surface area contributed by atoms with E-state index in [1.165, 1.54) is 12.2 Å². The van der Waals surface area contributed by atoms with Crippen molar-refractivity contribution in [3.63, 3.8) is 0 Å². The highest BCUT2D eigenvalue weighted by atomic mass is 16.6. The summed E-state index contributed by atoms with van der Waals surface area (Å²) in [5.74, 6) is -0.531. The van der Waals surface area contributed by atoms with Gasteiger partial charge in [-0.2, -0.15) is 0 Å². The zero-order valence-electron chi connectivity index (χ0n) is 9.71. The van der Waals surface area contributed by atoms with Crippen LogP contribution >= 0.6 is 0 Å². The number of hydrogen-bond donors (Lipinski definition) is 2. The second-order valence-electron chi connectivity index (χ2n) is 4.05. The van der Waals surface area contributed by atoms with Crippen LogP contribution < -0.4 is 0 Å². The van der Waals surface area contributed by atoms with Crippen molar-refractivity contribution < 1.29 is 19.7 Å². The van der Waals surface area contributed by atoms with Crippen molar-refractivity contribution in [2.45, 2.75) is 36.8 Å². The summed E-state index contributed by atoms with van der Waals surface area (Å²) in [6.45, 7) is 10.5. The molecule has 4 unspecified atom stereocenters. The van der Waals surface area contributed by atoms with Gasteiger partial charge in [-0.3, -0.25) is 4.79 Å². The standard InChI is InChI=1S/C13H18O4/c1-4-7-9-11(15)12(16)13(17-9,8-5-2)10(14)6-3/h4-6,9-11,14-15H,1-3,7-8H2. The first-order valence-corrected chi connectivity index (χ1v) is 5.46. The zero-order valence-corrected chi connectivity index (χ0v) is 9.71. The van der Waals surface area contributed by atoms with Gasteiger partial charge >= 0.3 is 0 Å². The SMILES string of the molecule is C=CCC1OC(CC=C)(C(O)C=C)C(=O)C1O. The van der Waals surface area contributed by atoms with Crippen molar-refractivity contribution >= 4 is 5.78 Å². The van der Waals surface area contributed by atoms with E-state index in [9.17, 15) is 15.0 Å². The van der Waals surface area contributed by atoms with E-state index >= 15 is 0 Å². The third-order valence-corrected chi connectivity index (χ3v) is 2.95. The summed E-state index contributed by atoms with van der Waals surface area (Å²) in [6, 6.07) is 0. The molecule has 4 heteroatoms. The predicted molar refractivity (Wildman–Crippen MR) is 64.4 cm³/mol. The van der Waals surface area contributed by atoms with Gasteiger partial charge in [0.05, 0.1) is 6.10 Å². The molecule has 1 heterocycles. The van der Waals surface area contributed by atoms with Crippen LogP contribution in [-0.2, 0) is 9.53 Å². The molecular formula is C13H18O4. The van der Waals surface area contributed by atoms with E-state index in [1.807, 2.05) is 0 Å². The molecular weight excluding hydrogens is 220 g/mol. The minimum atomic E-state index is -1.46. The van der Waals surface area contributed by atoms with Crippen LogP contribution in [0.2, 0.25) is 0 Å². The molecule has 0 aromatic rings. The van der Waals surface area contributed by atoms with Crippen molar-refractivity contribution in [3.8, 4) is 0 Å². The molecule has 0 aromatic carbocycles. The van der Waals surface area contributed by atoms with Crippen molar-refractivity contribution in [3.05, 3.63) is 38.0 Å². The summed E-state index contributed by atoms with van der Waals surface area (Å²) in [4.78, 5) is 12.0. The van der Waals surface area contributed by atoms with Gasteiger partial charge in [-0.25, -0.2) is 0 Å². The topological polar surface area (TPSA) is 66.8 Å². The highest BCUT2D eigenvalue weighted by Crippen LogP contribution is 2.35. The fourth-order valence-corrected chi connectivity index (χ4v) is 2.04. The van der Waals surface area contributed by atoms with Gasteiger partial charge in [0, 0.05) is 6.42 Å². The molecule has 17 heavy (non-hydrogen) atoms. The highest BCUT2D eigenvalue weighted by molar-refractivity contribution is 5.94. The number of rotatable bonds is 6. The molecule has 4 nitrogen and oxygen atoms in total. The van der Waals surface area contributed by atoms with E-state index in [2.05, 4.69) is 19.7 Å². The van der Waals surface area contributed by atoms with E-state index in [1.54, 1.807) is 6.08 Å². The minimum absolute atomic E-state index is 0.129. The normalized spacial score (nSPS) is 34.4. The Balaban J connectivity index is 3.06. The number of ether oxygens (including phenoxy) is 1. The largest absolute Gasteiger partial charge is 0.386 e. The molecule has 1 aliphatic rings. The van der Waals surface area contributed by atoms with Gasteiger partial charge in [-0.15, -0.1) is 19.7 Å². The van der Waals surface area contributed by atoms with Gasteiger partial charge in [-0.05, 0) is 6.42 Å². The Kier molecular flexibility index (Phi) is 4.40. The van der Waals surface area contributed by atoms with Gasteiger partial charge in [0.2, 0.25) is 0 Å². The number of aliphatic hydroxyl groups excluding tert-OH is 2. The van der Waals surface area contributed by atoms with E-state index in [0.29, 0.717) is 6.42 Å². The van der Waals surface area contributed by atoms with E-state index in [4.69, 9.17) is 4.74 Å². The van der Waals surface area contributed by atoms with Crippen LogP contribution in [0.15, 0.2) is 38.0 Å². The molecule has 0 amide bonds. The fourth-order valence-electron chi connectivity index (χ4n) is 2.04. The smallest absolute Gasteiger partial charge is 0.198 e. The molecule has 0 bridgehead atoms. The Hall–Kier alpha value is -1.23. The van der Waals surface area contributed by atoms with E-state index in [-0.39, 0.29) is 6.42 Å². The van der Waals surface area contributed by atoms with Gasteiger partial charge in [-0.1, -0.05) is 18.2 Å². The maximum Gasteiger partial charge on any atom is 0.198 e. The van der Waals surface area contributed by atoms with Crippen molar-refractivity contribution in [1.82, 2.24) is 0 Å². The van der Waals surface area contributed by atoms with Crippen molar-refractivity contribution in [2.24, 2.45) is 0 Å². The zero-order chi connectivity index (χ0) is 13.1. The van der Waals surface area contributed by atoms with Crippen LogP contribution in [0.4, 0.5) is 0 Å². The van der Waals surface area contributed by atoms with E-state index < -0.39 is 29.7 Å². The second-order valence-corrected chi connectivity index (χ2v) is 4.05. The number of hydrogen-bond acceptors (Lipinski definition) is 4. The molecule has 94 valence electrons. The van der Waals surface area contributed by atoms with Crippen LogP contribution in [0.5, 0.6) is 0 Å². The fraction of sp³-hybridized carbons (Fsp3) is 0.462. The number of carbonyl (C=O) groups is 1. The Bertz CT molecular complexity index is 336. The first kappa shape index (κ1) is 13.8. The molecule has 0 aromatic heterocycles. The number of ketones is 1. The summed E-state index contributed by atoms with van der Waals surface area (Å²) in [6.07, 6.45) is 1.65. The molecule has 1 rings (SSSR count). The Morgan fingerprint density at radius 1 is 1.41 bits per heavy atom. The number of carbonyl (C=O) groups excluding carboxylic acids is 1. The van der Waals surface area contributed by atoms with Crippen LogP contribution in [0.3, 0.4) is 0 Å². The lowest BCUT2D eigenvalue weighted by atomic mass is 9.87. The Labute approximate surface area is 101 Å². The van der Waals surface area contributed by atoms with Gasteiger partial charge in [0.15, 0.2) is 11.4 Å². The molecule has 0 aliphatic carbocycles. The maximum absolute atomic E-state index is 12.0. The van der Waals surface area contributed by atoms with Gasteiger partial charge < -0.3 is 14.9 Å². The molecule has 0 radical (unpaired) electrons. The molecule has 2 N–H and O–H groups in total. The summed E-state index contributed by atoms with van der Waals surface area (Å²) in [5, 5.41) is 19.7. The summed E-state index contributed by atoms with van der Waals surface area (Å²) >= 11 is 0. The third-order valence-electron chi connectivity index (χ3n) is 2.95. The lowest BCUT2D eigenvalue weighted by Gasteiger charge is -2.29. The van der Waals surface area contributed by atoms with Crippen LogP contribution in [0, 0.1) is 0 Å². The molecule has 1 aliphatic heterocycles. The van der Waals surface area contributed by atoms with Gasteiger partial charge in [0.25, 0.3) is 0 Å². The van der Waals surface area contributed by atoms with Gasteiger partial charge in [0.1, 0.15) is 12.2 Å². The molecule has 1 fully saturated rings. The predicted octanol–water partition coefficient (Wildman–Crippen LogP) is 0.753. The van der Waals surface area contributed by atoms with Crippen molar-refractivity contribution in [1.29, 1.82) is 0 Å². The quantitative estimate of drug-likeness (QED) is 0.670. The van der Waals surface area contributed by atoms with Crippen LogP contribution in [0.1, 0.15) is 12.8 Å². The summed E-state index contributed by atoms with van der Waals surface area (Å²) < 4.78 is 5.54. The molecule has 0 spiro atoms. The van der Waals surface area contributed by atoms with E-state index in [0.717, 1.165) is 0 Å². The lowest BCUT2D eigenvalue weighted by Crippen LogP contribution is -2.48. The third kappa shape index (κ3) is 2.24. The Morgan fingerprint density at radius 3 is 2.53 bits per heavy atom.